The normalized spacial score (nSPS) is 25.8. The zero-order valence-corrected chi connectivity index (χ0v) is 13.4. The summed E-state index contributed by atoms with van der Waals surface area (Å²) in [5.41, 5.74) is 1.11. The molecule has 1 fully saturated rings. The molecule has 4 heteroatoms. The van der Waals surface area contributed by atoms with Gasteiger partial charge in [-0.25, -0.2) is 0 Å². The van der Waals surface area contributed by atoms with E-state index in [4.69, 9.17) is 9.47 Å². The van der Waals surface area contributed by atoms with Crippen LogP contribution >= 0.6 is 0 Å². The topological polar surface area (TPSA) is 38.8 Å². The van der Waals surface area contributed by atoms with E-state index >= 15 is 0 Å². The monoisotopic (exact) mass is 313 g/mol. The highest BCUT2D eigenvalue weighted by molar-refractivity contribution is 5.78. The fourth-order valence-corrected chi connectivity index (χ4v) is 3.95. The van der Waals surface area contributed by atoms with Gasteiger partial charge in [0.25, 0.3) is 0 Å². The van der Waals surface area contributed by atoms with E-state index in [1.54, 1.807) is 0 Å². The lowest BCUT2D eigenvalue weighted by molar-refractivity contribution is -0.132. The van der Waals surface area contributed by atoms with Crippen molar-refractivity contribution in [1.29, 1.82) is 0 Å². The van der Waals surface area contributed by atoms with Crippen molar-refractivity contribution in [3.05, 3.63) is 35.9 Å². The zero-order valence-electron chi connectivity index (χ0n) is 13.4. The van der Waals surface area contributed by atoms with Gasteiger partial charge >= 0.3 is 0 Å². The summed E-state index contributed by atoms with van der Waals surface area (Å²) in [5, 5.41) is 0. The number of carbonyl (C=O) groups is 1. The van der Waals surface area contributed by atoms with Crippen molar-refractivity contribution in [1.82, 2.24) is 4.90 Å². The van der Waals surface area contributed by atoms with Gasteiger partial charge in [-0.15, -0.1) is 0 Å². The van der Waals surface area contributed by atoms with Crippen LogP contribution in [0.3, 0.4) is 0 Å². The molecule has 0 radical (unpaired) electrons. The van der Waals surface area contributed by atoms with Crippen LogP contribution < -0.4 is 9.47 Å². The fraction of sp³-hybridized carbons (Fsp3) is 0.526. The second kappa shape index (κ2) is 6.26. The second-order valence-electron chi connectivity index (χ2n) is 6.59. The van der Waals surface area contributed by atoms with Gasteiger partial charge in [0.15, 0.2) is 11.5 Å². The smallest absolute Gasteiger partial charge is 0.223 e. The highest BCUT2D eigenvalue weighted by Crippen LogP contribution is 2.43. The number of carbonyl (C=O) groups excluding carboxylic acids is 1. The lowest BCUT2D eigenvalue weighted by Gasteiger charge is -2.29. The number of benzene rings is 1. The number of fused-ring (bicyclic) bond motifs is 1. The molecule has 0 aromatic heterocycles. The van der Waals surface area contributed by atoms with Crippen LogP contribution in [-0.4, -0.2) is 30.6 Å². The highest BCUT2D eigenvalue weighted by Gasteiger charge is 2.34. The molecule has 4 rings (SSSR count). The van der Waals surface area contributed by atoms with E-state index in [0.29, 0.717) is 25.6 Å². The second-order valence-corrected chi connectivity index (χ2v) is 6.59. The highest BCUT2D eigenvalue weighted by atomic mass is 16.6. The van der Waals surface area contributed by atoms with Gasteiger partial charge in [0.2, 0.25) is 5.91 Å². The molecule has 0 unspecified atom stereocenters. The molecule has 3 aliphatic rings. The lowest BCUT2D eigenvalue weighted by Crippen LogP contribution is -2.32. The van der Waals surface area contributed by atoms with Gasteiger partial charge in [-0.05, 0) is 37.7 Å². The minimum absolute atomic E-state index is 0.129. The third-order valence-corrected chi connectivity index (χ3v) is 5.08. The van der Waals surface area contributed by atoms with E-state index in [1.165, 1.54) is 0 Å². The number of amides is 1. The summed E-state index contributed by atoms with van der Waals surface area (Å²) in [6.07, 6.45) is 9.32. The molecular formula is C19H23NO3. The maximum absolute atomic E-state index is 12.8. The average Bonchev–Trinajstić information content (AvgIpc) is 3.25. The van der Waals surface area contributed by atoms with Gasteiger partial charge in [0.1, 0.15) is 13.2 Å². The van der Waals surface area contributed by atoms with Crippen molar-refractivity contribution in [2.75, 3.05) is 19.8 Å². The number of ether oxygens (including phenoxy) is 2. The minimum Gasteiger partial charge on any atom is -0.486 e. The van der Waals surface area contributed by atoms with Crippen LogP contribution in [-0.2, 0) is 4.79 Å². The molecule has 122 valence electrons. The number of nitrogens with zero attached hydrogens (tertiary/aromatic N) is 1. The number of hydrogen-bond donors (Lipinski definition) is 0. The molecule has 0 spiro atoms. The molecule has 1 saturated heterocycles. The Kier molecular flexibility index (Phi) is 3.98. The number of para-hydroxylation sites is 1. The van der Waals surface area contributed by atoms with Gasteiger partial charge < -0.3 is 14.4 Å². The first kappa shape index (κ1) is 14.6. The molecule has 4 nitrogen and oxygen atoms in total. The van der Waals surface area contributed by atoms with Crippen LogP contribution in [0.1, 0.15) is 43.7 Å². The van der Waals surface area contributed by atoms with Gasteiger partial charge in [-0.2, -0.15) is 0 Å². The summed E-state index contributed by atoms with van der Waals surface area (Å²) in [7, 11) is 0. The van der Waals surface area contributed by atoms with Crippen molar-refractivity contribution >= 4 is 5.91 Å². The van der Waals surface area contributed by atoms with E-state index in [-0.39, 0.29) is 11.9 Å². The minimum atomic E-state index is 0.129. The van der Waals surface area contributed by atoms with Crippen LogP contribution in [0.5, 0.6) is 11.5 Å². The van der Waals surface area contributed by atoms with E-state index in [9.17, 15) is 4.79 Å². The van der Waals surface area contributed by atoms with Crippen molar-refractivity contribution in [2.24, 2.45) is 5.92 Å². The summed E-state index contributed by atoms with van der Waals surface area (Å²) in [6, 6.07) is 6.16. The Bertz CT molecular complexity index is 625. The largest absolute Gasteiger partial charge is 0.486 e. The van der Waals surface area contributed by atoms with Crippen LogP contribution in [0.25, 0.3) is 0 Å². The SMILES string of the molecule is O=C(C[C@H]1C=CCC1)N1CCC[C@H]1c1cccc2c1OCCO2. The Labute approximate surface area is 137 Å². The van der Waals surface area contributed by atoms with E-state index < -0.39 is 0 Å². The molecule has 1 aromatic carbocycles. The predicted octanol–water partition coefficient (Wildman–Crippen LogP) is 3.48. The van der Waals surface area contributed by atoms with Crippen LogP contribution in [0.2, 0.25) is 0 Å². The summed E-state index contributed by atoms with van der Waals surface area (Å²) >= 11 is 0. The molecule has 0 saturated carbocycles. The first-order valence-corrected chi connectivity index (χ1v) is 8.67. The van der Waals surface area contributed by atoms with Gasteiger partial charge in [-0.1, -0.05) is 24.3 Å². The number of hydrogen-bond acceptors (Lipinski definition) is 3. The number of allylic oxidation sites excluding steroid dienone is 2. The summed E-state index contributed by atoms with van der Waals surface area (Å²) in [6.45, 7) is 2.03. The van der Waals surface area contributed by atoms with Gasteiger partial charge in [0, 0.05) is 18.5 Å². The Morgan fingerprint density at radius 1 is 1.22 bits per heavy atom. The third kappa shape index (κ3) is 2.82. The number of likely N-dealkylation sites (tertiary alicyclic amines) is 1. The van der Waals surface area contributed by atoms with Crippen LogP contribution in [0.15, 0.2) is 30.4 Å². The predicted molar refractivity (Wildman–Crippen MR) is 87.6 cm³/mol. The maximum atomic E-state index is 12.8. The van der Waals surface area contributed by atoms with E-state index in [1.807, 2.05) is 12.1 Å². The quantitative estimate of drug-likeness (QED) is 0.802. The van der Waals surface area contributed by atoms with Crippen molar-refractivity contribution in [3.63, 3.8) is 0 Å². The fourth-order valence-electron chi connectivity index (χ4n) is 3.95. The molecule has 1 aromatic rings. The molecule has 23 heavy (non-hydrogen) atoms. The molecule has 2 aliphatic heterocycles. The van der Waals surface area contributed by atoms with Gasteiger partial charge in [-0.3, -0.25) is 4.79 Å². The Morgan fingerprint density at radius 3 is 3.00 bits per heavy atom. The standard InChI is InChI=1S/C19H23NO3/c21-18(13-14-5-1-2-6-14)20-10-4-8-16(20)15-7-3-9-17-19(15)23-12-11-22-17/h1,3,5,7,9,14,16H,2,4,6,8,10-13H2/t14-,16-/m0/s1. The molecule has 2 atom stereocenters. The maximum Gasteiger partial charge on any atom is 0.223 e. The number of rotatable bonds is 3. The van der Waals surface area contributed by atoms with E-state index in [0.717, 1.165) is 49.3 Å². The lowest BCUT2D eigenvalue weighted by atomic mass is 10.0. The van der Waals surface area contributed by atoms with Crippen LogP contribution in [0.4, 0.5) is 0 Å². The zero-order chi connectivity index (χ0) is 15.6. The summed E-state index contributed by atoms with van der Waals surface area (Å²) in [4.78, 5) is 14.8. The molecule has 1 amide bonds. The average molecular weight is 313 g/mol. The molecule has 0 bridgehead atoms. The molecule has 1 aliphatic carbocycles. The van der Waals surface area contributed by atoms with Crippen molar-refractivity contribution in [3.8, 4) is 11.5 Å². The molecular weight excluding hydrogens is 290 g/mol. The Balaban J connectivity index is 1.56. The molecule has 0 N–H and O–H groups in total. The Hall–Kier alpha value is -1.97. The summed E-state index contributed by atoms with van der Waals surface area (Å²) in [5.74, 6) is 2.35. The Morgan fingerprint density at radius 2 is 2.13 bits per heavy atom. The summed E-state index contributed by atoms with van der Waals surface area (Å²) < 4.78 is 11.5. The van der Waals surface area contributed by atoms with Crippen molar-refractivity contribution in [2.45, 2.75) is 38.1 Å². The molecule has 2 heterocycles. The van der Waals surface area contributed by atoms with Crippen LogP contribution in [0, 0.1) is 5.92 Å². The first-order chi connectivity index (χ1) is 11.3. The van der Waals surface area contributed by atoms with Crippen molar-refractivity contribution < 1.29 is 14.3 Å². The first-order valence-electron chi connectivity index (χ1n) is 8.67. The third-order valence-electron chi connectivity index (χ3n) is 5.08. The van der Waals surface area contributed by atoms with E-state index in [2.05, 4.69) is 23.1 Å². The van der Waals surface area contributed by atoms with Gasteiger partial charge in [0.05, 0.1) is 6.04 Å².